The second kappa shape index (κ2) is 5.49. The molecule has 0 saturated carbocycles. The Morgan fingerprint density at radius 2 is 2.00 bits per heavy atom. The van der Waals surface area contributed by atoms with Gasteiger partial charge in [-0.15, -0.1) is 0 Å². The minimum absolute atomic E-state index is 0.187. The van der Waals surface area contributed by atoms with Crippen LogP contribution in [0.1, 0.15) is 10.4 Å². The van der Waals surface area contributed by atoms with Crippen molar-refractivity contribution in [1.29, 1.82) is 0 Å². The van der Waals surface area contributed by atoms with E-state index in [1.165, 1.54) is 0 Å². The van der Waals surface area contributed by atoms with E-state index in [4.69, 9.17) is 9.47 Å². The highest BCUT2D eigenvalue weighted by Crippen LogP contribution is 2.32. The fourth-order valence-corrected chi connectivity index (χ4v) is 2.42. The van der Waals surface area contributed by atoms with Crippen LogP contribution in [0.5, 0.6) is 11.5 Å². The fraction of sp³-hybridized carbons (Fsp3) is 0.0588. The summed E-state index contributed by atoms with van der Waals surface area (Å²) in [4.78, 5) is 12.4. The average Bonchev–Trinajstić information content (AvgIpc) is 3.26. The first-order valence-electron chi connectivity index (χ1n) is 7.10. The standard InChI is InChI=1S/C17H13N3O3/c21-17(12-4-5-15-16(9-12)23-10-22-15)19-13-3-1-2-11(8-13)14-6-7-18-20-14/h1-9H,10H2,(H,18,20)(H,19,21). The number of carbonyl (C=O) groups is 1. The number of fused-ring (bicyclic) bond motifs is 1. The van der Waals surface area contributed by atoms with Gasteiger partial charge in [-0.05, 0) is 36.4 Å². The maximum Gasteiger partial charge on any atom is 0.255 e. The van der Waals surface area contributed by atoms with Gasteiger partial charge in [-0.25, -0.2) is 0 Å². The zero-order valence-corrected chi connectivity index (χ0v) is 12.1. The first-order valence-corrected chi connectivity index (χ1v) is 7.10. The molecule has 1 aliphatic rings. The fourth-order valence-electron chi connectivity index (χ4n) is 2.42. The van der Waals surface area contributed by atoms with E-state index in [1.54, 1.807) is 24.4 Å². The number of ether oxygens (including phenoxy) is 2. The Labute approximate surface area is 132 Å². The molecule has 0 saturated heterocycles. The van der Waals surface area contributed by atoms with Gasteiger partial charge in [0.2, 0.25) is 6.79 Å². The van der Waals surface area contributed by atoms with Crippen molar-refractivity contribution in [2.75, 3.05) is 12.1 Å². The molecule has 0 radical (unpaired) electrons. The predicted octanol–water partition coefficient (Wildman–Crippen LogP) is 3.06. The van der Waals surface area contributed by atoms with E-state index in [0.717, 1.165) is 11.3 Å². The van der Waals surface area contributed by atoms with Crippen molar-refractivity contribution in [2.24, 2.45) is 0 Å². The Hall–Kier alpha value is -3.28. The smallest absolute Gasteiger partial charge is 0.255 e. The van der Waals surface area contributed by atoms with Crippen LogP contribution in [0.3, 0.4) is 0 Å². The molecule has 1 aliphatic heterocycles. The van der Waals surface area contributed by atoms with Crippen LogP contribution in [-0.2, 0) is 0 Å². The largest absolute Gasteiger partial charge is 0.454 e. The van der Waals surface area contributed by atoms with Gasteiger partial charge >= 0.3 is 0 Å². The number of aromatic nitrogens is 2. The van der Waals surface area contributed by atoms with Crippen molar-refractivity contribution < 1.29 is 14.3 Å². The molecule has 23 heavy (non-hydrogen) atoms. The molecule has 6 nitrogen and oxygen atoms in total. The van der Waals surface area contributed by atoms with E-state index in [1.807, 2.05) is 30.3 Å². The van der Waals surface area contributed by atoms with Gasteiger partial charge in [0.1, 0.15) is 0 Å². The van der Waals surface area contributed by atoms with E-state index < -0.39 is 0 Å². The maximum atomic E-state index is 12.4. The van der Waals surface area contributed by atoms with Gasteiger partial charge in [-0.1, -0.05) is 12.1 Å². The number of nitrogens with one attached hydrogen (secondary N) is 2. The molecule has 4 rings (SSSR count). The molecule has 6 heteroatoms. The number of hydrogen-bond acceptors (Lipinski definition) is 4. The van der Waals surface area contributed by atoms with Crippen LogP contribution in [0.2, 0.25) is 0 Å². The van der Waals surface area contributed by atoms with Crippen molar-refractivity contribution in [3.8, 4) is 22.8 Å². The molecule has 114 valence electrons. The molecule has 0 spiro atoms. The average molecular weight is 307 g/mol. The highest BCUT2D eigenvalue weighted by atomic mass is 16.7. The summed E-state index contributed by atoms with van der Waals surface area (Å²) in [6, 6.07) is 14.5. The molecule has 0 aliphatic carbocycles. The molecule has 2 N–H and O–H groups in total. The third-order valence-corrected chi connectivity index (χ3v) is 3.57. The van der Waals surface area contributed by atoms with E-state index >= 15 is 0 Å². The number of anilines is 1. The lowest BCUT2D eigenvalue weighted by molar-refractivity contribution is 0.102. The molecule has 0 fully saturated rings. The van der Waals surface area contributed by atoms with E-state index in [2.05, 4.69) is 15.5 Å². The van der Waals surface area contributed by atoms with Crippen LogP contribution in [0, 0.1) is 0 Å². The number of hydrogen-bond donors (Lipinski definition) is 2. The summed E-state index contributed by atoms with van der Waals surface area (Å²) in [5, 5.41) is 9.71. The molecule has 1 aromatic heterocycles. The minimum Gasteiger partial charge on any atom is -0.454 e. The first-order chi connectivity index (χ1) is 11.3. The van der Waals surface area contributed by atoms with Gasteiger partial charge in [0.25, 0.3) is 5.91 Å². The summed E-state index contributed by atoms with van der Waals surface area (Å²) in [6.07, 6.45) is 1.69. The monoisotopic (exact) mass is 307 g/mol. The molecule has 1 amide bonds. The van der Waals surface area contributed by atoms with Crippen LogP contribution in [-0.4, -0.2) is 22.9 Å². The third-order valence-electron chi connectivity index (χ3n) is 3.57. The number of benzene rings is 2. The van der Waals surface area contributed by atoms with Crippen LogP contribution >= 0.6 is 0 Å². The van der Waals surface area contributed by atoms with Crippen molar-refractivity contribution in [2.45, 2.75) is 0 Å². The van der Waals surface area contributed by atoms with Crippen LogP contribution in [0.4, 0.5) is 5.69 Å². The molecule has 3 aromatic rings. The van der Waals surface area contributed by atoms with Crippen LogP contribution in [0.15, 0.2) is 54.7 Å². The van der Waals surface area contributed by atoms with E-state index in [-0.39, 0.29) is 12.7 Å². The summed E-state index contributed by atoms with van der Waals surface area (Å²) < 4.78 is 10.5. The zero-order chi connectivity index (χ0) is 15.6. The van der Waals surface area contributed by atoms with Gasteiger partial charge < -0.3 is 14.8 Å². The quantitative estimate of drug-likeness (QED) is 0.779. The number of aromatic amines is 1. The Balaban J connectivity index is 1.56. The van der Waals surface area contributed by atoms with Gasteiger partial charge in [0.15, 0.2) is 11.5 Å². The summed E-state index contributed by atoms with van der Waals surface area (Å²) in [7, 11) is 0. The summed E-state index contributed by atoms with van der Waals surface area (Å²) in [5.74, 6) is 1.04. The summed E-state index contributed by atoms with van der Waals surface area (Å²) in [5.41, 5.74) is 3.07. The van der Waals surface area contributed by atoms with Crippen molar-refractivity contribution in [3.63, 3.8) is 0 Å². The first kappa shape index (κ1) is 13.4. The summed E-state index contributed by atoms with van der Waals surface area (Å²) in [6.45, 7) is 0.187. The number of amides is 1. The normalized spacial score (nSPS) is 12.2. The van der Waals surface area contributed by atoms with Gasteiger partial charge in [-0.3, -0.25) is 9.89 Å². The maximum absolute atomic E-state index is 12.4. The van der Waals surface area contributed by atoms with Crippen molar-refractivity contribution in [1.82, 2.24) is 10.2 Å². The molecular weight excluding hydrogens is 294 g/mol. The zero-order valence-electron chi connectivity index (χ0n) is 12.1. The lowest BCUT2D eigenvalue weighted by atomic mass is 10.1. The van der Waals surface area contributed by atoms with Gasteiger partial charge in [0, 0.05) is 23.0 Å². The Bertz CT molecular complexity index is 859. The Kier molecular flexibility index (Phi) is 3.20. The molecule has 0 bridgehead atoms. The highest BCUT2D eigenvalue weighted by molar-refractivity contribution is 6.04. The third kappa shape index (κ3) is 2.62. The Morgan fingerprint density at radius 1 is 1.09 bits per heavy atom. The lowest BCUT2D eigenvalue weighted by Crippen LogP contribution is -2.11. The topological polar surface area (TPSA) is 76.2 Å². The molecule has 0 unspecified atom stereocenters. The minimum atomic E-state index is -0.204. The van der Waals surface area contributed by atoms with Gasteiger partial charge in [0.05, 0.1) is 5.69 Å². The second-order valence-corrected chi connectivity index (χ2v) is 5.07. The number of H-pyrrole nitrogens is 1. The molecule has 0 atom stereocenters. The molecule has 2 heterocycles. The molecule has 2 aromatic carbocycles. The number of carbonyl (C=O) groups excluding carboxylic acids is 1. The van der Waals surface area contributed by atoms with Gasteiger partial charge in [-0.2, -0.15) is 5.10 Å². The van der Waals surface area contributed by atoms with Crippen molar-refractivity contribution >= 4 is 11.6 Å². The number of nitrogens with zero attached hydrogens (tertiary/aromatic N) is 1. The van der Waals surface area contributed by atoms with Crippen molar-refractivity contribution in [3.05, 3.63) is 60.3 Å². The van der Waals surface area contributed by atoms with E-state index in [0.29, 0.717) is 22.7 Å². The Morgan fingerprint density at radius 3 is 2.87 bits per heavy atom. The summed E-state index contributed by atoms with van der Waals surface area (Å²) >= 11 is 0. The van der Waals surface area contributed by atoms with Crippen LogP contribution in [0.25, 0.3) is 11.3 Å². The highest BCUT2D eigenvalue weighted by Gasteiger charge is 2.16. The van der Waals surface area contributed by atoms with Crippen LogP contribution < -0.4 is 14.8 Å². The molecular formula is C17H13N3O3. The predicted molar refractivity (Wildman–Crippen MR) is 84.5 cm³/mol. The van der Waals surface area contributed by atoms with E-state index in [9.17, 15) is 4.79 Å². The number of rotatable bonds is 3. The SMILES string of the molecule is O=C(Nc1cccc(-c2ccn[nH]2)c1)c1ccc2c(c1)OCO2. The second-order valence-electron chi connectivity index (χ2n) is 5.07. The lowest BCUT2D eigenvalue weighted by Gasteiger charge is -2.07.